The molecule has 0 radical (unpaired) electrons. The Morgan fingerprint density at radius 3 is 3.06 bits per heavy atom. The normalized spacial score (nSPS) is 24.8. The largest absolute Gasteiger partial charge is 0.316 e. The third-order valence-corrected chi connectivity index (χ3v) is 3.76. The zero-order valence-electron chi connectivity index (χ0n) is 10.2. The van der Waals surface area contributed by atoms with Crippen LogP contribution in [-0.2, 0) is 6.42 Å². The Balaban J connectivity index is 1.62. The van der Waals surface area contributed by atoms with Crippen molar-refractivity contribution in [1.29, 1.82) is 0 Å². The molecule has 0 bridgehead atoms. The molecular weight excluding hydrogens is 196 g/mol. The number of pyridine rings is 1. The summed E-state index contributed by atoms with van der Waals surface area (Å²) in [6.45, 7) is 4.66. The first-order chi connectivity index (χ1) is 7.86. The van der Waals surface area contributed by atoms with Gasteiger partial charge in [0.05, 0.1) is 0 Å². The molecule has 16 heavy (non-hydrogen) atoms. The zero-order valence-corrected chi connectivity index (χ0v) is 10.2. The Morgan fingerprint density at radius 1 is 1.44 bits per heavy atom. The van der Waals surface area contributed by atoms with Gasteiger partial charge in [0.1, 0.15) is 0 Å². The van der Waals surface area contributed by atoms with E-state index >= 15 is 0 Å². The molecule has 0 spiro atoms. The van der Waals surface area contributed by atoms with Gasteiger partial charge in [-0.3, -0.25) is 4.98 Å². The molecular formula is C14H22N2. The fraction of sp³-hybridized carbons (Fsp3) is 0.643. The SMILES string of the molecule is CC1CCCC1CNCCc1cccnc1. The van der Waals surface area contributed by atoms with Crippen LogP contribution in [0.25, 0.3) is 0 Å². The van der Waals surface area contributed by atoms with Crippen LogP contribution in [0.1, 0.15) is 31.7 Å². The van der Waals surface area contributed by atoms with Gasteiger partial charge in [0.25, 0.3) is 0 Å². The second-order valence-electron chi connectivity index (χ2n) is 4.98. The zero-order chi connectivity index (χ0) is 11.2. The topological polar surface area (TPSA) is 24.9 Å². The van der Waals surface area contributed by atoms with Crippen LogP contribution in [0.4, 0.5) is 0 Å². The van der Waals surface area contributed by atoms with Gasteiger partial charge in [0.15, 0.2) is 0 Å². The molecule has 0 aromatic carbocycles. The quantitative estimate of drug-likeness (QED) is 0.769. The van der Waals surface area contributed by atoms with E-state index in [4.69, 9.17) is 0 Å². The van der Waals surface area contributed by atoms with Crippen molar-refractivity contribution in [2.45, 2.75) is 32.6 Å². The molecule has 0 aliphatic heterocycles. The lowest BCUT2D eigenvalue weighted by molar-refractivity contribution is 0.394. The smallest absolute Gasteiger partial charge is 0.0300 e. The maximum absolute atomic E-state index is 4.13. The summed E-state index contributed by atoms with van der Waals surface area (Å²) in [6, 6.07) is 4.15. The van der Waals surface area contributed by atoms with Gasteiger partial charge in [0.2, 0.25) is 0 Å². The van der Waals surface area contributed by atoms with Crippen LogP contribution in [0.15, 0.2) is 24.5 Å². The monoisotopic (exact) mass is 218 g/mol. The summed E-state index contributed by atoms with van der Waals surface area (Å²) in [5.41, 5.74) is 1.33. The van der Waals surface area contributed by atoms with Crippen molar-refractivity contribution in [2.75, 3.05) is 13.1 Å². The van der Waals surface area contributed by atoms with Gasteiger partial charge in [-0.2, -0.15) is 0 Å². The lowest BCUT2D eigenvalue weighted by Crippen LogP contribution is -2.26. The third kappa shape index (κ3) is 3.31. The fourth-order valence-corrected chi connectivity index (χ4v) is 2.59. The van der Waals surface area contributed by atoms with Crippen LogP contribution in [0.3, 0.4) is 0 Å². The van der Waals surface area contributed by atoms with E-state index in [1.807, 2.05) is 18.5 Å². The van der Waals surface area contributed by atoms with Crippen molar-refractivity contribution < 1.29 is 0 Å². The molecule has 1 heterocycles. The number of aromatic nitrogens is 1. The van der Waals surface area contributed by atoms with Crippen molar-refractivity contribution >= 4 is 0 Å². The highest BCUT2D eigenvalue weighted by atomic mass is 14.9. The molecule has 2 rings (SSSR count). The molecule has 88 valence electrons. The van der Waals surface area contributed by atoms with E-state index in [1.165, 1.54) is 31.4 Å². The van der Waals surface area contributed by atoms with Crippen LogP contribution < -0.4 is 5.32 Å². The summed E-state index contributed by atoms with van der Waals surface area (Å²) >= 11 is 0. The Hall–Kier alpha value is -0.890. The molecule has 1 saturated carbocycles. The number of nitrogens with one attached hydrogen (secondary N) is 1. The van der Waals surface area contributed by atoms with Crippen molar-refractivity contribution in [3.8, 4) is 0 Å². The van der Waals surface area contributed by atoms with Crippen molar-refractivity contribution in [1.82, 2.24) is 10.3 Å². The average molecular weight is 218 g/mol. The van der Waals surface area contributed by atoms with Crippen molar-refractivity contribution in [2.24, 2.45) is 11.8 Å². The van der Waals surface area contributed by atoms with E-state index < -0.39 is 0 Å². The van der Waals surface area contributed by atoms with Gasteiger partial charge in [-0.25, -0.2) is 0 Å². The van der Waals surface area contributed by atoms with Crippen LogP contribution in [0.5, 0.6) is 0 Å². The first-order valence-corrected chi connectivity index (χ1v) is 6.46. The highest BCUT2D eigenvalue weighted by Crippen LogP contribution is 2.30. The first kappa shape index (κ1) is 11.6. The van der Waals surface area contributed by atoms with Gasteiger partial charge >= 0.3 is 0 Å². The lowest BCUT2D eigenvalue weighted by Gasteiger charge is -2.15. The van der Waals surface area contributed by atoms with Crippen LogP contribution >= 0.6 is 0 Å². The number of hydrogen-bond acceptors (Lipinski definition) is 2. The predicted molar refractivity (Wildman–Crippen MR) is 67.3 cm³/mol. The maximum atomic E-state index is 4.13. The van der Waals surface area contributed by atoms with E-state index in [9.17, 15) is 0 Å². The van der Waals surface area contributed by atoms with Crippen LogP contribution in [0, 0.1) is 11.8 Å². The first-order valence-electron chi connectivity index (χ1n) is 6.46. The minimum Gasteiger partial charge on any atom is -0.316 e. The molecule has 0 saturated heterocycles. The number of rotatable bonds is 5. The van der Waals surface area contributed by atoms with Crippen molar-refractivity contribution in [3.63, 3.8) is 0 Å². The van der Waals surface area contributed by atoms with E-state index in [1.54, 1.807) is 0 Å². The molecule has 1 aliphatic rings. The molecule has 0 amide bonds. The molecule has 1 N–H and O–H groups in total. The Morgan fingerprint density at radius 2 is 2.38 bits per heavy atom. The van der Waals surface area contributed by atoms with E-state index in [0.717, 1.165) is 24.8 Å². The standard InChI is InChI=1S/C14H22N2/c1-12-4-2-6-14(12)11-16-9-7-13-5-3-8-15-10-13/h3,5,8,10,12,14,16H,2,4,6-7,9,11H2,1H3. The van der Waals surface area contributed by atoms with Crippen molar-refractivity contribution in [3.05, 3.63) is 30.1 Å². The van der Waals surface area contributed by atoms with Gasteiger partial charge in [-0.05, 0) is 49.4 Å². The summed E-state index contributed by atoms with van der Waals surface area (Å²) in [7, 11) is 0. The summed E-state index contributed by atoms with van der Waals surface area (Å²) in [4.78, 5) is 4.13. The second-order valence-corrected chi connectivity index (χ2v) is 4.98. The third-order valence-electron chi connectivity index (χ3n) is 3.76. The molecule has 1 aliphatic carbocycles. The molecule has 2 unspecified atom stereocenters. The van der Waals surface area contributed by atoms with Gasteiger partial charge in [-0.15, -0.1) is 0 Å². The molecule has 1 aromatic rings. The highest BCUT2D eigenvalue weighted by Gasteiger charge is 2.22. The summed E-state index contributed by atoms with van der Waals surface area (Å²) < 4.78 is 0. The fourth-order valence-electron chi connectivity index (χ4n) is 2.59. The van der Waals surface area contributed by atoms with Gasteiger partial charge < -0.3 is 5.32 Å². The van der Waals surface area contributed by atoms with Gasteiger partial charge in [-0.1, -0.05) is 25.8 Å². The van der Waals surface area contributed by atoms with E-state index in [0.29, 0.717) is 0 Å². The van der Waals surface area contributed by atoms with E-state index in [2.05, 4.69) is 23.3 Å². The summed E-state index contributed by atoms with van der Waals surface area (Å²) in [5, 5.41) is 3.58. The lowest BCUT2D eigenvalue weighted by atomic mass is 9.98. The molecule has 1 aromatic heterocycles. The highest BCUT2D eigenvalue weighted by molar-refractivity contribution is 5.08. The Bertz CT molecular complexity index is 297. The van der Waals surface area contributed by atoms with Crippen LogP contribution in [0.2, 0.25) is 0 Å². The average Bonchev–Trinajstić information content (AvgIpc) is 2.72. The maximum Gasteiger partial charge on any atom is 0.0300 e. The number of hydrogen-bond donors (Lipinski definition) is 1. The number of nitrogens with zero attached hydrogens (tertiary/aromatic N) is 1. The van der Waals surface area contributed by atoms with E-state index in [-0.39, 0.29) is 0 Å². The minimum absolute atomic E-state index is 0.911. The summed E-state index contributed by atoms with van der Waals surface area (Å²) in [6.07, 6.45) is 9.15. The second kappa shape index (κ2) is 6.00. The van der Waals surface area contributed by atoms with Gasteiger partial charge in [0, 0.05) is 12.4 Å². The Kier molecular flexibility index (Phi) is 4.34. The molecule has 2 atom stereocenters. The Labute approximate surface area is 98.5 Å². The molecule has 2 heteroatoms. The molecule has 1 fully saturated rings. The van der Waals surface area contributed by atoms with Crippen LogP contribution in [-0.4, -0.2) is 18.1 Å². The predicted octanol–water partition coefficient (Wildman–Crippen LogP) is 2.65. The summed E-state index contributed by atoms with van der Waals surface area (Å²) in [5.74, 6) is 1.83. The minimum atomic E-state index is 0.911. The molecule has 2 nitrogen and oxygen atoms in total.